The van der Waals surface area contributed by atoms with Crippen LogP contribution < -0.4 is 0 Å². The van der Waals surface area contributed by atoms with Crippen molar-refractivity contribution in [3.8, 4) is 11.3 Å². The average molecular weight is 218 g/mol. The molecule has 2 aromatic heterocycles. The molecule has 0 N–H and O–H groups in total. The van der Waals surface area contributed by atoms with Crippen LogP contribution in [0.4, 0.5) is 0 Å². The van der Waals surface area contributed by atoms with Gasteiger partial charge in [-0.1, -0.05) is 6.92 Å². The molecule has 0 aromatic carbocycles. The molecular weight excluding hydrogens is 204 g/mol. The lowest BCUT2D eigenvalue weighted by Gasteiger charge is -2.18. The molecule has 0 bridgehead atoms. The Morgan fingerprint density at radius 1 is 1.53 bits per heavy atom. The van der Waals surface area contributed by atoms with Gasteiger partial charge in [-0.2, -0.15) is 11.3 Å². The molecule has 0 saturated heterocycles. The third-order valence-corrected chi connectivity index (χ3v) is 3.75. The van der Waals surface area contributed by atoms with Gasteiger partial charge in [0.25, 0.3) is 0 Å². The van der Waals surface area contributed by atoms with Crippen LogP contribution in [0.15, 0.2) is 23.0 Å². The molecular formula is C12H14N2S. The second-order valence-electron chi connectivity index (χ2n) is 4.35. The van der Waals surface area contributed by atoms with Gasteiger partial charge in [0.2, 0.25) is 0 Å². The zero-order valence-corrected chi connectivity index (χ0v) is 9.63. The van der Waals surface area contributed by atoms with Gasteiger partial charge in [0, 0.05) is 30.1 Å². The first kappa shape index (κ1) is 9.16. The highest BCUT2D eigenvalue weighted by Crippen LogP contribution is 2.25. The number of hydrogen-bond donors (Lipinski definition) is 0. The second-order valence-corrected chi connectivity index (χ2v) is 5.13. The molecule has 3 rings (SSSR count). The summed E-state index contributed by atoms with van der Waals surface area (Å²) in [4.78, 5) is 4.71. The van der Waals surface area contributed by atoms with Crippen LogP contribution in [0.5, 0.6) is 0 Å². The number of fused-ring (bicyclic) bond motifs is 1. The van der Waals surface area contributed by atoms with Gasteiger partial charge in [0.15, 0.2) is 0 Å². The third-order valence-electron chi connectivity index (χ3n) is 3.07. The van der Waals surface area contributed by atoms with E-state index in [1.165, 1.54) is 17.8 Å². The largest absolute Gasteiger partial charge is 0.334 e. The fourth-order valence-corrected chi connectivity index (χ4v) is 2.78. The standard InChI is InChI=1S/C12H14N2S/c1-9-2-4-14-7-11(13-12(14)6-9)10-3-5-15-8-10/h3,5,7-9H,2,4,6H2,1H3. The van der Waals surface area contributed by atoms with E-state index in [0.29, 0.717) is 0 Å². The Bertz CT molecular complexity index is 456. The average Bonchev–Trinajstić information content (AvgIpc) is 2.84. The molecule has 15 heavy (non-hydrogen) atoms. The predicted octanol–water partition coefficient (Wildman–Crippen LogP) is 3.19. The summed E-state index contributed by atoms with van der Waals surface area (Å²) in [6.45, 7) is 3.44. The first-order chi connectivity index (χ1) is 7.33. The van der Waals surface area contributed by atoms with Gasteiger partial charge in [-0.25, -0.2) is 4.98 Å². The molecule has 0 saturated carbocycles. The van der Waals surface area contributed by atoms with Crippen LogP contribution in [-0.2, 0) is 13.0 Å². The molecule has 1 atom stereocenters. The molecule has 78 valence electrons. The maximum Gasteiger partial charge on any atom is 0.109 e. The SMILES string of the molecule is CC1CCn2cc(-c3ccsc3)nc2C1. The van der Waals surface area contributed by atoms with Crippen molar-refractivity contribution in [2.45, 2.75) is 26.3 Å². The van der Waals surface area contributed by atoms with Crippen LogP contribution in [0.1, 0.15) is 19.2 Å². The molecule has 0 spiro atoms. The summed E-state index contributed by atoms with van der Waals surface area (Å²) in [6.07, 6.45) is 4.61. The van der Waals surface area contributed by atoms with Gasteiger partial charge in [-0.15, -0.1) is 0 Å². The van der Waals surface area contributed by atoms with Gasteiger partial charge in [-0.3, -0.25) is 0 Å². The lowest BCUT2D eigenvalue weighted by atomic mass is 10.0. The van der Waals surface area contributed by atoms with Gasteiger partial charge in [0.1, 0.15) is 5.82 Å². The van der Waals surface area contributed by atoms with E-state index in [2.05, 4.69) is 34.5 Å². The number of imidazole rings is 1. The number of aryl methyl sites for hydroxylation is 1. The maximum atomic E-state index is 4.71. The summed E-state index contributed by atoms with van der Waals surface area (Å²) in [5, 5.41) is 4.27. The first-order valence-corrected chi connectivity index (χ1v) is 6.36. The highest BCUT2D eigenvalue weighted by molar-refractivity contribution is 7.08. The van der Waals surface area contributed by atoms with E-state index in [1.807, 2.05) is 0 Å². The molecule has 2 aromatic rings. The van der Waals surface area contributed by atoms with E-state index >= 15 is 0 Å². The van der Waals surface area contributed by atoms with E-state index in [-0.39, 0.29) is 0 Å². The predicted molar refractivity (Wildman–Crippen MR) is 63.0 cm³/mol. The molecule has 0 radical (unpaired) electrons. The summed E-state index contributed by atoms with van der Waals surface area (Å²) in [5.74, 6) is 2.05. The minimum absolute atomic E-state index is 0.787. The topological polar surface area (TPSA) is 17.8 Å². The molecule has 1 unspecified atom stereocenters. The highest BCUT2D eigenvalue weighted by atomic mass is 32.1. The third kappa shape index (κ3) is 1.61. The fraction of sp³-hybridized carbons (Fsp3) is 0.417. The van der Waals surface area contributed by atoms with Crippen molar-refractivity contribution in [2.24, 2.45) is 5.92 Å². The van der Waals surface area contributed by atoms with Gasteiger partial charge < -0.3 is 4.57 Å². The number of nitrogens with zero attached hydrogens (tertiary/aromatic N) is 2. The van der Waals surface area contributed by atoms with Crippen molar-refractivity contribution in [3.63, 3.8) is 0 Å². The molecule has 2 nitrogen and oxygen atoms in total. The zero-order valence-electron chi connectivity index (χ0n) is 8.81. The minimum atomic E-state index is 0.787. The monoisotopic (exact) mass is 218 g/mol. The zero-order chi connectivity index (χ0) is 10.3. The molecule has 0 amide bonds. The highest BCUT2D eigenvalue weighted by Gasteiger charge is 2.17. The Morgan fingerprint density at radius 2 is 2.47 bits per heavy atom. The van der Waals surface area contributed by atoms with E-state index in [0.717, 1.165) is 24.6 Å². The van der Waals surface area contributed by atoms with Crippen molar-refractivity contribution in [1.82, 2.24) is 9.55 Å². The first-order valence-electron chi connectivity index (χ1n) is 5.41. The number of hydrogen-bond acceptors (Lipinski definition) is 2. The fourth-order valence-electron chi connectivity index (χ4n) is 2.13. The van der Waals surface area contributed by atoms with Gasteiger partial charge in [0.05, 0.1) is 5.69 Å². The lowest BCUT2D eigenvalue weighted by molar-refractivity contribution is 0.409. The molecule has 3 heteroatoms. The van der Waals surface area contributed by atoms with Crippen LogP contribution in [0.3, 0.4) is 0 Å². The Hall–Kier alpha value is -1.09. The molecule has 1 aliphatic heterocycles. The van der Waals surface area contributed by atoms with Crippen LogP contribution in [0, 0.1) is 5.92 Å². The summed E-state index contributed by atoms with van der Waals surface area (Å²) >= 11 is 1.73. The molecule has 0 aliphatic carbocycles. The van der Waals surface area contributed by atoms with Crippen molar-refractivity contribution < 1.29 is 0 Å². The summed E-state index contributed by atoms with van der Waals surface area (Å²) in [6, 6.07) is 2.14. The van der Waals surface area contributed by atoms with Crippen LogP contribution in [-0.4, -0.2) is 9.55 Å². The van der Waals surface area contributed by atoms with Crippen LogP contribution >= 0.6 is 11.3 Å². The Morgan fingerprint density at radius 3 is 3.27 bits per heavy atom. The Kier molecular flexibility index (Phi) is 2.13. The van der Waals surface area contributed by atoms with Crippen LogP contribution in [0.2, 0.25) is 0 Å². The minimum Gasteiger partial charge on any atom is -0.334 e. The van der Waals surface area contributed by atoms with Crippen molar-refractivity contribution in [1.29, 1.82) is 0 Å². The lowest BCUT2D eigenvalue weighted by Crippen LogP contribution is -2.16. The summed E-state index contributed by atoms with van der Waals surface area (Å²) in [7, 11) is 0. The smallest absolute Gasteiger partial charge is 0.109 e. The normalized spacial score (nSPS) is 20.2. The molecule has 0 fully saturated rings. The molecule has 3 heterocycles. The second kappa shape index (κ2) is 3.49. The van der Waals surface area contributed by atoms with E-state index in [1.54, 1.807) is 11.3 Å². The van der Waals surface area contributed by atoms with E-state index in [4.69, 9.17) is 4.98 Å². The van der Waals surface area contributed by atoms with Crippen molar-refractivity contribution in [3.05, 3.63) is 28.8 Å². The Balaban J connectivity index is 2.00. The van der Waals surface area contributed by atoms with Crippen molar-refractivity contribution >= 4 is 11.3 Å². The van der Waals surface area contributed by atoms with Crippen LogP contribution in [0.25, 0.3) is 11.3 Å². The summed E-state index contributed by atoms with van der Waals surface area (Å²) < 4.78 is 2.31. The number of aromatic nitrogens is 2. The maximum absolute atomic E-state index is 4.71. The van der Waals surface area contributed by atoms with Crippen molar-refractivity contribution in [2.75, 3.05) is 0 Å². The quantitative estimate of drug-likeness (QED) is 0.718. The van der Waals surface area contributed by atoms with E-state index in [9.17, 15) is 0 Å². The number of thiophene rings is 1. The van der Waals surface area contributed by atoms with E-state index < -0.39 is 0 Å². The van der Waals surface area contributed by atoms with Gasteiger partial charge in [-0.05, 0) is 23.8 Å². The number of rotatable bonds is 1. The van der Waals surface area contributed by atoms with Gasteiger partial charge >= 0.3 is 0 Å². The Labute approximate surface area is 93.6 Å². The summed E-state index contributed by atoms with van der Waals surface area (Å²) in [5.41, 5.74) is 2.40. The molecule has 1 aliphatic rings.